The molecule has 1 amide bonds. The highest BCUT2D eigenvalue weighted by molar-refractivity contribution is 5.95. The SMILES string of the molecule is NC(=O)c1cccc2c1CCC([N+](=O)[O-])O2. The van der Waals surface area contributed by atoms with Crippen LogP contribution < -0.4 is 10.5 Å². The first-order valence-electron chi connectivity index (χ1n) is 4.81. The second-order valence-electron chi connectivity index (χ2n) is 3.54. The van der Waals surface area contributed by atoms with Crippen molar-refractivity contribution < 1.29 is 14.5 Å². The summed E-state index contributed by atoms with van der Waals surface area (Å²) in [6.45, 7) is 0. The minimum absolute atomic E-state index is 0.254. The molecule has 6 heteroatoms. The maximum Gasteiger partial charge on any atom is 0.354 e. The number of carbonyl (C=O) groups excluding carboxylic acids is 1. The third kappa shape index (κ3) is 1.69. The van der Waals surface area contributed by atoms with Gasteiger partial charge < -0.3 is 10.5 Å². The maximum absolute atomic E-state index is 11.1. The molecule has 0 saturated carbocycles. The molecule has 0 radical (unpaired) electrons. The van der Waals surface area contributed by atoms with Crippen LogP contribution in [0.3, 0.4) is 0 Å². The molecular weight excluding hydrogens is 212 g/mol. The van der Waals surface area contributed by atoms with Crippen LogP contribution in [0.2, 0.25) is 0 Å². The van der Waals surface area contributed by atoms with E-state index in [2.05, 4.69) is 0 Å². The lowest BCUT2D eigenvalue weighted by Gasteiger charge is -2.21. The van der Waals surface area contributed by atoms with Crippen LogP contribution in [-0.4, -0.2) is 17.1 Å². The van der Waals surface area contributed by atoms with Gasteiger partial charge in [-0.15, -0.1) is 0 Å². The van der Waals surface area contributed by atoms with Crippen LogP contribution in [0.1, 0.15) is 22.3 Å². The van der Waals surface area contributed by atoms with E-state index >= 15 is 0 Å². The summed E-state index contributed by atoms with van der Waals surface area (Å²) >= 11 is 0. The smallest absolute Gasteiger partial charge is 0.354 e. The lowest BCUT2D eigenvalue weighted by Crippen LogP contribution is -2.31. The van der Waals surface area contributed by atoms with E-state index < -0.39 is 17.1 Å². The van der Waals surface area contributed by atoms with E-state index in [4.69, 9.17) is 10.5 Å². The average Bonchev–Trinajstić information content (AvgIpc) is 2.27. The molecule has 1 aromatic carbocycles. The number of carbonyl (C=O) groups is 1. The molecule has 1 aliphatic rings. The van der Waals surface area contributed by atoms with Crippen molar-refractivity contribution >= 4 is 5.91 Å². The lowest BCUT2D eigenvalue weighted by atomic mass is 9.99. The number of hydrogen-bond acceptors (Lipinski definition) is 4. The molecule has 1 unspecified atom stereocenters. The van der Waals surface area contributed by atoms with Crippen molar-refractivity contribution in [1.82, 2.24) is 0 Å². The number of benzene rings is 1. The fourth-order valence-electron chi connectivity index (χ4n) is 1.79. The normalized spacial score (nSPS) is 18.4. The Labute approximate surface area is 91.2 Å². The summed E-state index contributed by atoms with van der Waals surface area (Å²) in [5, 5.41) is 10.6. The average molecular weight is 222 g/mol. The van der Waals surface area contributed by atoms with Gasteiger partial charge in [-0.05, 0) is 18.6 Å². The van der Waals surface area contributed by atoms with Crippen LogP contribution in [0.25, 0.3) is 0 Å². The van der Waals surface area contributed by atoms with Gasteiger partial charge in [-0.2, -0.15) is 0 Å². The van der Waals surface area contributed by atoms with E-state index in [1.165, 1.54) is 0 Å². The second-order valence-corrected chi connectivity index (χ2v) is 3.54. The van der Waals surface area contributed by atoms with Gasteiger partial charge in [0.25, 0.3) is 0 Å². The topological polar surface area (TPSA) is 95.5 Å². The Morgan fingerprint density at radius 3 is 2.94 bits per heavy atom. The molecule has 16 heavy (non-hydrogen) atoms. The predicted molar refractivity (Wildman–Crippen MR) is 54.7 cm³/mol. The summed E-state index contributed by atoms with van der Waals surface area (Å²) < 4.78 is 5.18. The van der Waals surface area contributed by atoms with Crippen molar-refractivity contribution in [1.29, 1.82) is 0 Å². The Kier molecular flexibility index (Phi) is 2.47. The summed E-state index contributed by atoms with van der Waals surface area (Å²) in [6.07, 6.45) is -0.347. The number of nitro groups is 1. The Bertz CT molecular complexity index is 458. The zero-order valence-electron chi connectivity index (χ0n) is 8.38. The van der Waals surface area contributed by atoms with Gasteiger partial charge in [0.05, 0.1) is 11.3 Å². The molecule has 0 fully saturated rings. The number of rotatable bonds is 2. The lowest BCUT2D eigenvalue weighted by molar-refractivity contribution is -0.564. The number of nitrogens with zero attached hydrogens (tertiary/aromatic N) is 1. The van der Waals surface area contributed by atoms with Gasteiger partial charge in [0.1, 0.15) is 5.75 Å². The Morgan fingerprint density at radius 2 is 2.31 bits per heavy atom. The number of ether oxygens (including phenoxy) is 1. The van der Waals surface area contributed by atoms with Gasteiger partial charge in [0.15, 0.2) is 0 Å². The number of amides is 1. The van der Waals surface area contributed by atoms with Gasteiger partial charge in [0, 0.05) is 11.1 Å². The van der Waals surface area contributed by atoms with Crippen LogP contribution in [0.4, 0.5) is 0 Å². The molecule has 2 N–H and O–H groups in total. The van der Waals surface area contributed by atoms with Crippen LogP contribution in [0, 0.1) is 10.1 Å². The van der Waals surface area contributed by atoms with Crippen LogP contribution >= 0.6 is 0 Å². The first-order chi connectivity index (χ1) is 7.59. The molecule has 0 spiro atoms. The van der Waals surface area contributed by atoms with E-state index in [1.54, 1.807) is 18.2 Å². The van der Waals surface area contributed by atoms with Gasteiger partial charge in [-0.3, -0.25) is 14.9 Å². The molecular formula is C10H10N2O4. The summed E-state index contributed by atoms with van der Waals surface area (Å²) in [7, 11) is 0. The Morgan fingerprint density at radius 1 is 1.56 bits per heavy atom. The highest BCUT2D eigenvalue weighted by atomic mass is 16.7. The number of nitrogens with two attached hydrogens (primary N) is 1. The van der Waals surface area contributed by atoms with Crippen molar-refractivity contribution in [2.24, 2.45) is 5.73 Å². The van der Waals surface area contributed by atoms with Crippen molar-refractivity contribution in [3.8, 4) is 5.75 Å². The molecule has 84 valence electrons. The number of primary amides is 1. The summed E-state index contributed by atoms with van der Waals surface area (Å²) in [6, 6.07) is 4.80. The Balaban J connectivity index is 2.38. The molecule has 2 rings (SSSR count). The predicted octanol–water partition coefficient (Wildman–Crippen LogP) is 0.713. The van der Waals surface area contributed by atoms with Gasteiger partial charge in [0.2, 0.25) is 5.91 Å². The molecule has 1 heterocycles. The van der Waals surface area contributed by atoms with Crippen molar-refractivity contribution in [2.75, 3.05) is 0 Å². The highest BCUT2D eigenvalue weighted by Gasteiger charge is 2.29. The van der Waals surface area contributed by atoms with E-state index in [1.807, 2.05) is 0 Å². The van der Waals surface area contributed by atoms with Crippen LogP contribution in [0.15, 0.2) is 18.2 Å². The number of hydrogen-bond donors (Lipinski definition) is 1. The van der Waals surface area contributed by atoms with Crippen LogP contribution in [-0.2, 0) is 6.42 Å². The first-order valence-corrected chi connectivity index (χ1v) is 4.81. The molecule has 6 nitrogen and oxygen atoms in total. The summed E-state index contributed by atoms with van der Waals surface area (Å²) in [4.78, 5) is 21.2. The summed E-state index contributed by atoms with van der Waals surface area (Å²) in [5.41, 5.74) is 6.24. The minimum Gasteiger partial charge on any atom is -0.430 e. The zero-order chi connectivity index (χ0) is 11.7. The second kappa shape index (κ2) is 3.80. The standard InChI is InChI=1S/C10H10N2O4/c11-10(13)7-2-1-3-8-6(7)4-5-9(16-8)12(14)15/h1-3,9H,4-5H2,(H2,11,13). The van der Waals surface area contributed by atoms with Gasteiger partial charge in [-0.25, -0.2) is 0 Å². The molecule has 1 aliphatic heterocycles. The van der Waals surface area contributed by atoms with Gasteiger partial charge >= 0.3 is 6.23 Å². The zero-order valence-corrected chi connectivity index (χ0v) is 8.38. The molecule has 0 aromatic heterocycles. The van der Waals surface area contributed by atoms with Crippen molar-refractivity contribution in [3.05, 3.63) is 39.4 Å². The largest absolute Gasteiger partial charge is 0.430 e. The van der Waals surface area contributed by atoms with E-state index in [0.29, 0.717) is 23.3 Å². The van der Waals surface area contributed by atoms with E-state index in [-0.39, 0.29) is 6.42 Å². The minimum atomic E-state index is -1.03. The van der Waals surface area contributed by atoms with Gasteiger partial charge in [-0.1, -0.05) is 6.07 Å². The van der Waals surface area contributed by atoms with Crippen LogP contribution in [0.5, 0.6) is 5.75 Å². The fraction of sp³-hybridized carbons (Fsp3) is 0.300. The molecule has 0 saturated heterocycles. The maximum atomic E-state index is 11.1. The quantitative estimate of drug-likeness (QED) is 0.588. The van der Waals surface area contributed by atoms with E-state index in [0.717, 1.165) is 0 Å². The monoisotopic (exact) mass is 222 g/mol. The van der Waals surface area contributed by atoms with Crippen molar-refractivity contribution in [3.63, 3.8) is 0 Å². The van der Waals surface area contributed by atoms with E-state index in [9.17, 15) is 14.9 Å². The van der Waals surface area contributed by atoms with Crippen molar-refractivity contribution in [2.45, 2.75) is 19.1 Å². The highest BCUT2D eigenvalue weighted by Crippen LogP contribution is 2.30. The summed E-state index contributed by atoms with van der Waals surface area (Å²) in [5.74, 6) is -0.163. The molecule has 1 atom stereocenters. The third-order valence-electron chi connectivity index (χ3n) is 2.54. The Hall–Kier alpha value is -2.11. The molecule has 0 bridgehead atoms. The third-order valence-corrected chi connectivity index (χ3v) is 2.54. The molecule has 1 aromatic rings. The first kappa shape index (κ1) is 10.4. The fourth-order valence-corrected chi connectivity index (χ4v) is 1.79. The number of fused-ring (bicyclic) bond motifs is 1. The molecule has 0 aliphatic carbocycles.